The molecule has 3 amide bonds. The molecule has 0 radical (unpaired) electrons. The van der Waals surface area contributed by atoms with Gasteiger partial charge in [0.2, 0.25) is 11.8 Å². The van der Waals surface area contributed by atoms with Crippen LogP contribution in [0, 0.1) is 5.82 Å². The van der Waals surface area contributed by atoms with E-state index in [-0.39, 0.29) is 24.8 Å². The number of anilines is 1. The summed E-state index contributed by atoms with van der Waals surface area (Å²) in [5.41, 5.74) is 0.906. The lowest BCUT2D eigenvalue weighted by molar-refractivity contribution is -0.133. The van der Waals surface area contributed by atoms with Crippen LogP contribution < -0.4 is 10.6 Å². The van der Waals surface area contributed by atoms with Gasteiger partial charge in [0.15, 0.2) is 0 Å². The number of imide groups is 1. The summed E-state index contributed by atoms with van der Waals surface area (Å²) in [6, 6.07) is 4.04. The van der Waals surface area contributed by atoms with Gasteiger partial charge in [-0.25, -0.2) is 9.18 Å². The lowest BCUT2D eigenvalue weighted by atomic mass is 9.86. The monoisotopic (exact) mass is 379 g/mol. The van der Waals surface area contributed by atoms with Gasteiger partial charge in [-0.05, 0) is 30.5 Å². The van der Waals surface area contributed by atoms with Gasteiger partial charge < -0.3 is 20.1 Å². The molecule has 146 valence electrons. The Morgan fingerprint density at radius 2 is 2.15 bits per heavy atom. The van der Waals surface area contributed by atoms with Crippen LogP contribution in [0.1, 0.15) is 30.7 Å². The number of ether oxygens (including phenoxy) is 1. The van der Waals surface area contributed by atoms with Crippen molar-refractivity contribution in [3.63, 3.8) is 0 Å². The van der Waals surface area contributed by atoms with E-state index in [2.05, 4.69) is 10.6 Å². The summed E-state index contributed by atoms with van der Waals surface area (Å²) in [6.45, 7) is 0.502. The summed E-state index contributed by atoms with van der Waals surface area (Å²) >= 11 is 0. The van der Waals surface area contributed by atoms with Gasteiger partial charge in [-0.3, -0.25) is 14.9 Å². The third-order valence-electron chi connectivity index (χ3n) is 5.11. The zero-order chi connectivity index (χ0) is 19.6. The first-order chi connectivity index (χ1) is 12.9. The molecule has 2 aliphatic rings. The van der Waals surface area contributed by atoms with E-state index < -0.39 is 30.0 Å². The van der Waals surface area contributed by atoms with E-state index in [1.54, 1.807) is 12.1 Å². The van der Waals surface area contributed by atoms with Crippen molar-refractivity contribution in [2.24, 2.45) is 0 Å². The number of carbonyl (C=O) groups excluding carboxylic acids is 2. The number of piperidine rings is 2. The van der Waals surface area contributed by atoms with Gasteiger partial charge in [0, 0.05) is 31.7 Å². The number of carbonyl (C=O) groups is 3. The highest BCUT2D eigenvalue weighted by atomic mass is 19.1. The molecule has 2 aliphatic heterocycles. The van der Waals surface area contributed by atoms with Crippen LogP contribution in [-0.4, -0.2) is 60.3 Å². The molecule has 0 spiro atoms. The van der Waals surface area contributed by atoms with Crippen LogP contribution in [0.25, 0.3) is 0 Å². The van der Waals surface area contributed by atoms with Gasteiger partial charge in [-0.1, -0.05) is 6.07 Å². The highest BCUT2D eigenvalue weighted by Crippen LogP contribution is 2.33. The number of likely N-dealkylation sites (tertiary alicyclic amines) is 1. The molecule has 9 heteroatoms. The van der Waals surface area contributed by atoms with E-state index in [0.717, 1.165) is 0 Å². The number of halogens is 1. The summed E-state index contributed by atoms with van der Waals surface area (Å²) in [5.74, 6) is -1.42. The minimum absolute atomic E-state index is 0.187. The van der Waals surface area contributed by atoms with Crippen molar-refractivity contribution in [3.05, 3.63) is 29.6 Å². The topological polar surface area (TPSA) is 108 Å². The third-order valence-corrected chi connectivity index (χ3v) is 5.11. The summed E-state index contributed by atoms with van der Waals surface area (Å²) in [4.78, 5) is 35.4. The maximum absolute atomic E-state index is 14.7. The first kappa shape index (κ1) is 19.1. The summed E-state index contributed by atoms with van der Waals surface area (Å²) in [7, 11) is 1.49. The number of nitrogens with zero attached hydrogens (tertiary/aromatic N) is 1. The Hall–Kier alpha value is -2.68. The fourth-order valence-corrected chi connectivity index (χ4v) is 3.63. The van der Waals surface area contributed by atoms with Crippen LogP contribution in [0.15, 0.2) is 18.2 Å². The Morgan fingerprint density at radius 1 is 1.37 bits per heavy atom. The average molecular weight is 379 g/mol. The molecule has 0 bridgehead atoms. The number of benzene rings is 1. The first-order valence-electron chi connectivity index (χ1n) is 8.79. The first-order valence-corrected chi connectivity index (χ1v) is 8.79. The van der Waals surface area contributed by atoms with Crippen molar-refractivity contribution in [2.75, 3.05) is 25.5 Å². The standard InChI is InChI=1S/C18H22FN3O5/c1-27-15-9-22(18(25)26)7-6-12(15)11-3-2-10(8-13(11)19)20-14-4-5-16(23)21-17(14)24/h2-3,8,12,14-15,20H,4-7,9H2,1H3,(H,25,26)(H,21,23,24). The second kappa shape index (κ2) is 7.91. The number of hydrogen-bond acceptors (Lipinski definition) is 5. The fourth-order valence-electron chi connectivity index (χ4n) is 3.63. The predicted octanol–water partition coefficient (Wildman–Crippen LogP) is 1.53. The summed E-state index contributed by atoms with van der Waals surface area (Å²) in [6.07, 6.45) is -0.394. The molecule has 27 heavy (non-hydrogen) atoms. The molecule has 2 heterocycles. The molecule has 1 aromatic rings. The quantitative estimate of drug-likeness (QED) is 0.685. The van der Waals surface area contributed by atoms with E-state index in [0.29, 0.717) is 30.6 Å². The normalized spacial score (nSPS) is 25.9. The Morgan fingerprint density at radius 3 is 2.78 bits per heavy atom. The zero-order valence-corrected chi connectivity index (χ0v) is 14.9. The van der Waals surface area contributed by atoms with Crippen molar-refractivity contribution in [1.29, 1.82) is 0 Å². The van der Waals surface area contributed by atoms with E-state index >= 15 is 0 Å². The average Bonchev–Trinajstić information content (AvgIpc) is 2.64. The largest absolute Gasteiger partial charge is 0.465 e. The molecule has 3 rings (SSSR count). The number of rotatable bonds is 4. The van der Waals surface area contributed by atoms with Crippen molar-refractivity contribution >= 4 is 23.6 Å². The molecule has 0 saturated carbocycles. The maximum Gasteiger partial charge on any atom is 0.407 e. The molecule has 0 aliphatic carbocycles. The van der Waals surface area contributed by atoms with Crippen LogP contribution in [0.4, 0.5) is 14.9 Å². The van der Waals surface area contributed by atoms with E-state index in [4.69, 9.17) is 9.84 Å². The van der Waals surface area contributed by atoms with E-state index in [1.807, 2.05) is 0 Å². The van der Waals surface area contributed by atoms with E-state index in [9.17, 15) is 18.8 Å². The van der Waals surface area contributed by atoms with Gasteiger partial charge in [-0.15, -0.1) is 0 Å². The van der Waals surface area contributed by atoms with Gasteiger partial charge in [0.05, 0.1) is 12.6 Å². The number of carboxylic acid groups (broad SMARTS) is 1. The second-order valence-electron chi connectivity index (χ2n) is 6.78. The molecule has 3 atom stereocenters. The van der Waals surface area contributed by atoms with Crippen molar-refractivity contribution in [3.8, 4) is 0 Å². The minimum atomic E-state index is -1.01. The minimum Gasteiger partial charge on any atom is -0.465 e. The lowest BCUT2D eigenvalue weighted by Crippen LogP contribution is -2.47. The zero-order valence-electron chi connectivity index (χ0n) is 14.9. The highest BCUT2D eigenvalue weighted by molar-refractivity contribution is 6.01. The number of nitrogens with one attached hydrogen (secondary N) is 2. The Balaban J connectivity index is 1.72. The predicted molar refractivity (Wildman–Crippen MR) is 93.9 cm³/mol. The Labute approximate surface area is 155 Å². The van der Waals surface area contributed by atoms with Crippen LogP contribution in [-0.2, 0) is 14.3 Å². The van der Waals surface area contributed by atoms with Crippen molar-refractivity contribution < 1.29 is 28.6 Å². The maximum atomic E-state index is 14.7. The summed E-state index contributed by atoms with van der Waals surface area (Å²) < 4.78 is 20.1. The SMILES string of the molecule is COC1CN(C(=O)O)CCC1c1ccc(NC2CCC(=O)NC2=O)cc1F. The van der Waals surface area contributed by atoms with Crippen LogP contribution in [0.2, 0.25) is 0 Å². The molecule has 3 unspecified atom stereocenters. The van der Waals surface area contributed by atoms with Gasteiger partial charge in [-0.2, -0.15) is 0 Å². The highest BCUT2D eigenvalue weighted by Gasteiger charge is 2.34. The molecule has 3 N–H and O–H groups in total. The Bertz CT molecular complexity index is 757. The molecular formula is C18H22FN3O5. The fraction of sp³-hybridized carbons (Fsp3) is 0.500. The molecule has 8 nitrogen and oxygen atoms in total. The van der Waals surface area contributed by atoms with Gasteiger partial charge in [0.25, 0.3) is 0 Å². The number of methoxy groups -OCH3 is 1. The van der Waals surface area contributed by atoms with Crippen LogP contribution in [0.3, 0.4) is 0 Å². The number of amides is 3. The van der Waals surface area contributed by atoms with Crippen LogP contribution in [0.5, 0.6) is 0 Å². The van der Waals surface area contributed by atoms with Crippen LogP contribution >= 0.6 is 0 Å². The molecule has 0 aromatic heterocycles. The Kier molecular flexibility index (Phi) is 5.59. The molecule has 1 aromatic carbocycles. The smallest absolute Gasteiger partial charge is 0.407 e. The second-order valence-corrected chi connectivity index (χ2v) is 6.78. The third kappa shape index (κ3) is 4.19. The van der Waals surface area contributed by atoms with Gasteiger partial charge >= 0.3 is 6.09 Å². The molecular weight excluding hydrogens is 357 g/mol. The molecule has 2 fully saturated rings. The summed E-state index contributed by atoms with van der Waals surface area (Å²) in [5, 5.41) is 14.3. The van der Waals surface area contributed by atoms with E-state index in [1.165, 1.54) is 18.1 Å². The van der Waals surface area contributed by atoms with Crippen molar-refractivity contribution in [2.45, 2.75) is 37.3 Å². The lowest BCUT2D eigenvalue weighted by Gasteiger charge is -2.36. The molecule has 2 saturated heterocycles. The number of hydrogen-bond donors (Lipinski definition) is 3. The van der Waals surface area contributed by atoms with Gasteiger partial charge in [0.1, 0.15) is 11.9 Å². The van der Waals surface area contributed by atoms with Crippen molar-refractivity contribution in [1.82, 2.24) is 10.2 Å².